The van der Waals surface area contributed by atoms with Gasteiger partial charge in [-0.1, -0.05) is 0 Å². The van der Waals surface area contributed by atoms with E-state index in [2.05, 4.69) is 25.1 Å². The summed E-state index contributed by atoms with van der Waals surface area (Å²) < 4.78 is 0. The zero-order chi connectivity index (χ0) is 13.0. The van der Waals surface area contributed by atoms with E-state index in [1.54, 1.807) is 6.20 Å². The van der Waals surface area contributed by atoms with Gasteiger partial charge in [-0.05, 0) is 30.4 Å². The number of aliphatic hydroxyl groups is 1. The molecule has 0 amide bonds. The van der Waals surface area contributed by atoms with E-state index in [4.69, 9.17) is 11.6 Å². The minimum atomic E-state index is -0.174. The van der Waals surface area contributed by atoms with E-state index in [0.717, 1.165) is 37.1 Å². The zero-order valence-electron chi connectivity index (χ0n) is 10.3. The Morgan fingerprint density at radius 3 is 3.05 bits per heavy atom. The van der Waals surface area contributed by atoms with Crippen LogP contribution in [0.25, 0.3) is 11.0 Å². The zero-order valence-corrected chi connectivity index (χ0v) is 11.0. The Bertz CT molecular complexity index is 630. The van der Waals surface area contributed by atoms with E-state index in [0.29, 0.717) is 17.5 Å². The monoisotopic (exact) mass is 279 g/mol. The highest BCUT2D eigenvalue weighted by atomic mass is 35.5. The molecule has 4 rings (SSSR count). The number of fused-ring (bicyclic) bond motifs is 2. The van der Waals surface area contributed by atoms with Crippen LogP contribution in [0.2, 0.25) is 5.28 Å². The SMILES string of the molecule is OC1CCC2CN(c3nc(Cl)nc4[nH]ncc34)CC12. The number of anilines is 1. The summed E-state index contributed by atoms with van der Waals surface area (Å²) in [5.74, 6) is 1.74. The molecule has 2 aromatic heterocycles. The van der Waals surface area contributed by atoms with Gasteiger partial charge in [0, 0.05) is 19.0 Å². The van der Waals surface area contributed by atoms with Crippen LogP contribution in [0.15, 0.2) is 6.20 Å². The Morgan fingerprint density at radius 2 is 2.21 bits per heavy atom. The van der Waals surface area contributed by atoms with Crippen molar-refractivity contribution >= 4 is 28.5 Å². The van der Waals surface area contributed by atoms with Gasteiger partial charge in [-0.3, -0.25) is 5.10 Å². The van der Waals surface area contributed by atoms with Crippen LogP contribution in [0, 0.1) is 11.8 Å². The molecule has 2 N–H and O–H groups in total. The van der Waals surface area contributed by atoms with Crippen molar-refractivity contribution in [1.82, 2.24) is 20.2 Å². The molecule has 0 bridgehead atoms. The average molecular weight is 280 g/mol. The lowest BCUT2D eigenvalue weighted by Crippen LogP contribution is -2.25. The summed E-state index contributed by atoms with van der Waals surface area (Å²) in [6.07, 6.45) is 3.57. The second-order valence-corrected chi connectivity index (χ2v) is 5.76. The Balaban J connectivity index is 1.74. The number of hydrogen-bond donors (Lipinski definition) is 2. The van der Waals surface area contributed by atoms with Crippen molar-refractivity contribution in [2.24, 2.45) is 11.8 Å². The molecule has 19 heavy (non-hydrogen) atoms. The van der Waals surface area contributed by atoms with Crippen LogP contribution in [0.4, 0.5) is 5.82 Å². The summed E-state index contributed by atoms with van der Waals surface area (Å²) in [6.45, 7) is 1.76. The first-order chi connectivity index (χ1) is 9.22. The number of H-pyrrole nitrogens is 1. The molecule has 100 valence electrons. The molecule has 2 aliphatic rings. The first-order valence-corrected chi connectivity index (χ1v) is 6.90. The molecule has 3 heterocycles. The average Bonchev–Trinajstić information content (AvgIpc) is 3.05. The molecule has 1 aliphatic heterocycles. The molecule has 2 aromatic rings. The topological polar surface area (TPSA) is 77.9 Å². The fourth-order valence-corrected chi connectivity index (χ4v) is 3.61. The molecule has 0 aromatic carbocycles. The molecule has 0 spiro atoms. The van der Waals surface area contributed by atoms with Gasteiger partial charge in [0.05, 0.1) is 17.7 Å². The molecular formula is C12H14ClN5O. The minimum absolute atomic E-state index is 0.174. The van der Waals surface area contributed by atoms with Gasteiger partial charge in [0.1, 0.15) is 5.82 Å². The molecule has 3 unspecified atom stereocenters. The molecule has 3 atom stereocenters. The van der Waals surface area contributed by atoms with Crippen LogP contribution < -0.4 is 4.90 Å². The summed E-state index contributed by atoms with van der Waals surface area (Å²) in [5, 5.41) is 17.9. The van der Waals surface area contributed by atoms with Gasteiger partial charge in [-0.2, -0.15) is 15.1 Å². The van der Waals surface area contributed by atoms with E-state index >= 15 is 0 Å². The Labute approximate surface area is 114 Å². The molecular weight excluding hydrogens is 266 g/mol. The van der Waals surface area contributed by atoms with Crippen LogP contribution in [0.1, 0.15) is 12.8 Å². The summed E-state index contributed by atoms with van der Waals surface area (Å²) in [6, 6.07) is 0. The quantitative estimate of drug-likeness (QED) is 0.767. The number of aliphatic hydroxyl groups excluding tert-OH is 1. The lowest BCUT2D eigenvalue weighted by atomic mass is 10.00. The molecule has 0 radical (unpaired) electrons. The van der Waals surface area contributed by atoms with Crippen molar-refractivity contribution in [3.05, 3.63) is 11.5 Å². The van der Waals surface area contributed by atoms with Crippen LogP contribution in [0.3, 0.4) is 0 Å². The van der Waals surface area contributed by atoms with Crippen molar-refractivity contribution in [3.63, 3.8) is 0 Å². The van der Waals surface area contributed by atoms with Crippen LogP contribution >= 0.6 is 11.6 Å². The van der Waals surface area contributed by atoms with E-state index in [-0.39, 0.29) is 11.4 Å². The third kappa shape index (κ3) is 1.70. The number of aromatic amines is 1. The largest absolute Gasteiger partial charge is 0.393 e. The number of nitrogens with zero attached hydrogens (tertiary/aromatic N) is 4. The molecule has 1 aliphatic carbocycles. The first kappa shape index (κ1) is 11.4. The third-order valence-corrected chi connectivity index (χ3v) is 4.55. The number of halogens is 1. The van der Waals surface area contributed by atoms with Crippen molar-refractivity contribution in [3.8, 4) is 0 Å². The third-order valence-electron chi connectivity index (χ3n) is 4.38. The van der Waals surface area contributed by atoms with Gasteiger partial charge in [-0.25, -0.2) is 0 Å². The molecule has 1 saturated heterocycles. The maximum absolute atomic E-state index is 9.99. The Kier molecular flexibility index (Phi) is 2.43. The first-order valence-electron chi connectivity index (χ1n) is 6.52. The molecule has 7 heteroatoms. The number of aromatic nitrogens is 4. The predicted octanol–water partition coefficient (Wildman–Crippen LogP) is 1.21. The predicted molar refractivity (Wildman–Crippen MR) is 71.1 cm³/mol. The van der Waals surface area contributed by atoms with Crippen molar-refractivity contribution in [1.29, 1.82) is 0 Å². The van der Waals surface area contributed by atoms with E-state index in [1.165, 1.54) is 0 Å². The number of rotatable bonds is 1. The maximum Gasteiger partial charge on any atom is 0.226 e. The Hall–Kier alpha value is -1.40. The lowest BCUT2D eigenvalue weighted by Gasteiger charge is -2.19. The highest BCUT2D eigenvalue weighted by Crippen LogP contribution is 2.40. The van der Waals surface area contributed by atoms with Gasteiger partial charge < -0.3 is 10.0 Å². The fraction of sp³-hybridized carbons (Fsp3) is 0.583. The van der Waals surface area contributed by atoms with Crippen molar-refractivity contribution in [2.45, 2.75) is 18.9 Å². The van der Waals surface area contributed by atoms with E-state index in [9.17, 15) is 5.11 Å². The smallest absolute Gasteiger partial charge is 0.226 e. The summed E-state index contributed by atoms with van der Waals surface area (Å²) in [4.78, 5) is 10.7. The lowest BCUT2D eigenvalue weighted by molar-refractivity contribution is 0.133. The van der Waals surface area contributed by atoms with Crippen molar-refractivity contribution < 1.29 is 5.11 Å². The fourth-order valence-electron chi connectivity index (χ4n) is 3.44. The summed E-state index contributed by atoms with van der Waals surface area (Å²) >= 11 is 5.96. The highest BCUT2D eigenvalue weighted by Gasteiger charge is 2.42. The standard InChI is InChI=1S/C12H14ClN5O/c13-12-15-10-7(3-14-17-10)11(16-12)18-4-6-1-2-9(19)8(6)5-18/h3,6,8-9,19H,1-2,4-5H2,(H,14,15,16,17). The number of hydrogen-bond acceptors (Lipinski definition) is 5. The van der Waals surface area contributed by atoms with Crippen LogP contribution in [-0.4, -0.2) is 44.5 Å². The van der Waals surface area contributed by atoms with E-state index in [1.807, 2.05) is 0 Å². The maximum atomic E-state index is 9.99. The second kappa shape index (κ2) is 4.05. The summed E-state index contributed by atoms with van der Waals surface area (Å²) in [7, 11) is 0. The Morgan fingerprint density at radius 1 is 1.32 bits per heavy atom. The van der Waals surface area contributed by atoms with Gasteiger partial charge in [0.15, 0.2) is 5.65 Å². The van der Waals surface area contributed by atoms with Gasteiger partial charge in [-0.15, -0.1) is 0 Å². The second-order valence-electron chi connectivity index (χ2n) is 5.42. The van der Waals surface area contributed by atoms with Gasteiger partial charge in [0.2, 0.25) is 5.28 Å². The van der Waals surface area contributed by atoms with E-state index < -0.39 is 0 Å². The van der Waals surface area contributed by atoms with Gasteiger partial charge >= 0.3 is 0 Å². The number of nitrogens with one attached hydrogen (secondary N) is 1. The minimum Gasteiger partial charge on any atom is -0.393 e. The van der Waals surface area contributed by atoms with Crippen molar-refractivity contribution in [2.75, 3.05) is 18.0 Å². The van der Waals surface area contributed by atoms with Crippen LogP contribution in [0.5, 0.6) is 0 Å². The van der Waals surface area contributed by atoms with Gasteiger partial charge in [0.25, 0.3) is 0 Å². The normalized spacial score (nSPS) is 30.2. The highest BCUT2D eigenvalue weighted by molar-refractivity contribution is 6.28. The molecule has 6 nitrogen and oxygen atoms in total. The van der Waals surface area contributed by atoms with Crippen LogP contribution in [-0.2, 0) is 0 Å². The molecule has 1 saturated carbocycles. The molecule has 2 fully saturated rings. The summed E-state index contributed by atoms with van der Waals surface area (Å²) in [5.41, 5.74) is 0.660.